The average molecular weight is 310 g/mol. The number of ether oxygens (including phenoxy) is 1. The quantitative estimate of drug-likeness (QED) is 0.595. The molecule has 0 unspecified atom stereocenters. The monoisotopic (exact) mass is 310 g/mol. The van der Waals surface area contributed by atoms with E-state index >= 15 is 0 Å². The zero-order valence-corrected chi connectivity index (χ0v) is 11.7. The topological polar surface area (TPSA) is 77.5 Å². The molecule has 5 nitrogen and oxygen atoms in total. The fourth-order valence-corrected chi connectivity index (χ4v) is 3.48. The molecule has 0 N–H and O–H groups in total. The van der Waals surface area contributed by atoms with Crippen molar-refractivity contribution in [3.05, 3.63) is 58.7 Å². The highest BCUT2D eigenvalue weighted by molar-refractivity contribution is 8.27. The number of thioether (sulfide) groups is 1. The molecule has 0 amide bonds. The summed E-state index contributed by atoms with van der Waals surface area (Å²) in [6, 6.07) is 9.62. The maximum Gasteiger partial charge on any atom is 0.347 e. The average Bonchev–Trinajstić information content (AvgIpc) is 2.97. The fourth-order valence-electron chi connectivity index (χ4n) is 2.71. The molecule has 106 valence electrons. The Hall–Kier alpha value is -2.73. The maximum atomic E-state index is 12.1. The van der Waals surface area contributed by atoms with Crippen molar-refractivity contribution < 1.29 is 23.9 Å². The second-order valence-electron chi connectivity index (χ2n) is 4.81. The second kappa shape index (κ2) is 4.38. The number of rotatable bonds is 1. The van der Waals surface area contributed by atoms with Gasteiger partial charge in [0.15, 0.2) is 0 Å². The van der Waals surface area contributed by atoms with Gasteiger partial charge in [0.05, 0.1) is 11.1 Å². The summed E-state index contributed by atoms with van der Waals surface area (Å²) < 4.78 is 4.63. The summed E-state index contributed by atoms with van der Waals surface area (Å²) in [4.78, 5) is 47.4. The maximum absolute atomic E-state index is 12.1. The molecular formula is C16H6O5S. The van der Waals surface area contributed by atoms with Crippen LogP contribution in [0.4, 0.5) is 0 Å². The van der Waals surface area contributed by atoms with Gasteiger partial charge in [-0.15, -0.1) is 0 Å². The summed E-state index contributed by atoms with van der Waals surface area (Å²) in [5.41, 5.74) is 1.79. The summed E-state index contributed by atoms with van der Waals surface area (Å²) in [5.74, 6) is -1.44. The van der Waals surface area contributed by atoms with Crippen molar-refractivity contribution in [2.24, 2.45) is 0 Å². The first-order valence-corrected chi connectivity index (χ1v) is 7.19. The number of carbonyl (C=O) groups excluding carboxylic acids is 4. The minimum atomic E-state index is -0.738. The summed E-state index contributed by atoms with van der Waals surface area (Å²) in [6.45, 7) is 0. The third-order valence-corrected chi connectivity index (χ3v) is 4.43. The van der Waals surface area contributed by atoms with Crippen LogP contribution in [0.2, 0.25) is 0 Å². The van der Waals surface area contributed by atoms with Gasteiger partial charge in [0.1, 0.15) is 0 Å². The van der Waals surface area contributed by atoms with Gasteiger partial charge < -0.3 is 4.74 Å². The number of fused-ring (bicyclic) bond motifs is 2. The molecule has 0 atom stereocenters. The van der Waals surface area contributed by atoms with Crippen molar-refractivity contribution >= 4 is 33.9 Å². The van der Waals surface area contributed by atoms with E-state index in [1.165, 1.54) is 6.07 Å². The third-order valence-electron chi connectivity index (χ3n) is 3.64. The van der Waals surface area contributed by atoms with Gasteiger partial charge in [-0.25, -0.2) is 9.59 Å². The number of hydrogen-bond acceptors (Lipinski definition) is 6. The molecular weight excluding hydrogens is 304 g/mol. The Morgan fingerprint density at radius 1 is 0.636 bits per heavy atom. The first-order chi connectivity index (χ1) is 10.6. The molecule has 0 bridgehead atoms. The van der Waals surface area contributed by atoms with Crippen LogP contribution in [0.3, 0.4) is 0 Å². The highest BCUT2D eigenvalue weighted by atomic mass is 32.2. The molecule has 0 spiro atoms. The highest BCUT2D eigenvalue weighted by Crippen LogP contribution is 2.39. The number of hydrogen-bond donors (Lipinski definition) is 0. The molecule has 2 heterocycles. The lowest BCUT2D eigenvalue weighted by Gasteiger charge is -2.08. The first kappa shape index (κ1) is 13.0. The standard InChI is InChI=1S/C16H6O5S/c17-13-9-5-1-3-7(11(9)14(18)21-13)8-4-2-6-10-12(8)16(20)22-15(10)19/h1-6H. The summed E-state index contributed by atoms with van der Waals surface area (Å²) in [6.07, 6.45) is 0. The summed E-state index contributed by atoms with van der Waals surface area (Å²) in [7, 11) is 0. The van der Waals surface area contributed by atoms with Crippen molar-refractivity contribution in [1.82, 2.24) is 0 Å². The molecule has 0 fully saturated rings. The van der Waals surface area contributed by atoms with E-state index < -0.39 is 11.9 Å². The van der Waals surface area contributed by atoms with Crippen LogP contribution >= 0.6 is 11.8 Å². The Morgan fingerprint density at radius 2 is 1.23 bits per heavy atom. The van der Waals surface area contributed by atoms with Crippen LogP contribution in [0.5, 0.6) is 0 Å². The lowest BCUT2D eigenvalue weighted by molar-refractivity contribution is 0.0443. The Morgan fingerprint density at radius 3 is 1.95 bits per heavy atom. The van der Waals surface area contributed by atoms with E-state index in [4.69, 9.17) is 0 Å². The van der Waals surface area contributed by atoms with Crippen molar-refractivity contribution in [2.45, 2.75) is 0 Å². The molecule has 2 aromatic carbocycles. The van der Waals surface area contributed by atoms with Gasteiger partial charge in [0, 0.05) is 11.1 Å². The minimum absolute atomic E-state index is 0.137. The minimum Gasteiger partial charge on any atom is -0.386 e. The summed E-state index contributed by atoms with van der Waals surface area (Å²) in [5, 5.41) is -0.668. The van der Waals surface area contributed by atoms with Gasteiger partial charge in [-0.3, -0.25) is 9.59 Å². The molecule has 0 aliphatic carbocycles. The van der Waals surface area contributed by atoms with E-state index in [1.807, 2.05) is 0 Å². The predicted molar refractivity (Wildman–Crippen MR) is 77.9 cm³/mol. The zero-order chi connectivity index (χ0) is 15.4. The van der Waals surface area contributed by atoms with Gasteiger partial charge in [0.2, 0.25) is 10.2 Å². The number of cyclic esters (lactones) is 2. The van der Waals surface area contributed by atoms with Crippen LogP contribution in [0.1, 0.15) is 41.4 Å². The molecule has 2 aromatic rings. The van der Waals surface area contributed by atoms with Gasteiger partial charge in [-0.1, -0.05) is 24.3 Å². The Balaban J connectivity index is 2.04. The molecule has 0 saturated carbocycles. The molecule has 0 aromatic heterocycles. The highest BCUT2D eigenvalue weighted by Gasteiger charge is 2.36. The Bertz CT molecular complexity index is 837. The zero-order valence-electron chi connectivity index (χ0n) is 10.9. The Labute approximate surface area is 128 Å². The number of carbonyl (C=O) groups is 4. The molecule has 0 saturated heterocycles. The van der Waals surface area contributed by atoms with E-state index in [0.29, 0.717) is 28.5 Å². The van der Waals surface area contributed by atoms with E-state index in [-0.39, 0.29) is 26.9 Å². The van der Waals surface area contributed by atoms with Crippen molar-refractivity contribution in [3.63, 3.8) is 0 Å². The number of benzene rings is 2. The molecule has 2 aliphatic heterocycles. The normalized spacial score (nSPS) is 15.8. The molecule has 6 heteroatoms. The van der Waals surface area contributed by atoms with E-state index in [9.17, 15) is 19.2 Å². The largest absolute Gasteiger partial charge is 0.386 e. The van der Waals surface area contributed by atoms with Crippen LogP contribution in [0.15, 0.2) is 36.4 Å². The van der Waals surface area contributed by atoms with Gasteiger partial charge in [-0.05, 0) is 35.0 Å². The van der Waals surface area contributed by atoms with Crippen molar-refractivity contribution in [2.75, 3.05) is 0 Å². The van der Waals surface area contributed by atoms with Crippen molar-refractivity contribution in [3.8, 4) is 11.1 Å². The van der Waals surface area contributed by atoms with E-state index in [0.717, 1.165) is 0 Å². The SMILES string of the molecule is O=C1OC(=O)c2c1cccc2-c1cccc2c1C(=O)SC2=O. The predicted octanol–water partition coefficient (Wildman–Crippen LogP) is 2.69. The van der Waals surface area contributed by atoms with E-state index in [2.05, 4.69) is 4.74 Å². The van der Waals surface area contributed by atoms with E-state index in [1.54, 1.807) is 30.3 Å². The fraction of sp³-hybridized carbons (Fsp3) is 0. The summed E-state index contributed by atoms with van der Waals surface area (Å²) >= 11 is 0.632. The first-order valence-electron chi connectivity index (χ1n) is 6.37. The third kappa shape index (κ3) is 1.61. The van der Waals surface area contributed by atoms with Crippen molar-refractivity contribution in [1.29, 1.82) is 0 Å². The van der Waals surface area contributed by atoms with Gasteiger partial charge in [0.25, 0.3) is 0 Å². The van der Waals surface area contributed by atoms with Crippen LogP contribution < -0.4 is 0 Å². The molecule has 22 heavy (non-hydrogen) atoms. The van der Waals surface area contributed by atoms with Crippen LogP contribution in [-0.2, 0) is 4.74 Å². The van der Waals surface area contributed by atoms with Crippen LogP contribution in [-0.4, -0.2) is 22.2 Å². The molecule has 0 radical (unpaired) electrons. The lowest BCUT2D eigenvalue weighted by Crippen LogP contribution is -2.01. The molecule has 4 rings (SSSR count). The van der Waals surface area contributed by atoms with Gasteiger partial charge >= 0.3 is 11.9 Å². The lowest BCUT2D eigenvalue weighted by atomic mass is 9.91. The molecule has 2 aliphatic rings. The second-order valence-corrected chi connectivity index (χ2v) is 5.76. The van der Waals surface area contributed by atoms with Crippen LogP contribution in [0, 0.1) is 0 Å². The van der Waals surface area contributed by atoms with Gasteiger partial charge in [-0.2, -0.15) is 0 Å². The number of esters is 2. The Kier molecular flexibility index (Phi) is 2.58. The smallest absolute Gasteiger partial charge is 0.347 e. The van der Waals surface area contributed by atoms with Crippen LogP contribution in [0.25, 0.3) is 11.1 Å².